The minimum absolute atomic E-state index is 0.157. The fourth-order valence-corrected chi connectivity index (χ4v) is 4.96. The maximum atomic E-state index is 13.4. The number of carbonyl (C=O) groups excluding carboxylic acids is 1. The smallest absolute Gasteiger partial charge is 0.203 e. The van der Waals surface area contributed by atoms with Gasteiger partial charge in [-0.3, -0.25) is 4.79 Å². The lowest BCUT2D eigenvalue weighted by molar-refractivity contribution is -0.137. The number of hydrogen-bond donors (Lipinski definition) is 1. The number of carbonyl (C=O) groups is 1. The first-order valence-electron chi connectivity index (χ1n) is 9.59. The van der Waals surface area contributed by atoms with Crippen LogP contribution >= 0.6 is 0 Å². The normalized spacial score (nSPS) is 32.1. The first-order valence-corrected chi connectivity index (χ1v) is 9.59. The summed E-state index contributed by atoms with van der Waals surface area (Å²) < 4.78 is 16.3. The van der Waals surface area contributed by atoms with Crippen molar-refractivity contribution in [1.29, 1.82) is 0 Å². The van der Waals surface area contributed by atoms with Gasteiger partial charge in [0.2, 0.25) is 5.75 Å². The van der Waals surface area contributed by atoms with Crippen molar-refractivity contribution in [3.8, 4) is 17.2 Å². The van der Waals surface area contributed by atoms with Gasteiger partial charge in [-0.15, -0.1) is 0 Å². The molecule has 27 heavy (non-hydrogen) atoms. The van der Waals surface area contributed by atoms with Crippen molar-refractivity contribution < 1.29 is 24.1 Å². The van der Waals surface area contributed by atoms with E-state index in [0.29, 0.717) is 30.1 Å². The number of hydrogen-bond acceptors (Lipinski definition) is 5. The molecule has 1 aromatic carbocycles. The summed E-state index contributed by atoms with van der Waals surface area (Å²) in [5.74, 6) is 2.28. The summed E-state index contributed by atoms with van der Waals surface area (Å²) in [5.41, 5.74) is 1.24. The summed E-state index contributed by atoms with van der Waals surface area (Å²) in [6.45, 7) is 4.15. The third-order valence-electron chi connectivity index (χ3n) is 6.62. The Hall–Kier alpha value is -2.01. The molecular weight excluding hydrogens is 344 g/mol. The van der Waals surface area contributed by atoms with Gasteiger partial charge in [-0.1, -0.05) is 13.8 Å². The summed E-state index contributed by atoms with van der Waals surface area (Å²) >= 11 is 0. The van der Waals surface area contributed by atoms with Crippen LogP contribution in [-0.4, -0.2) is 38.3 Å². The third kappa shape index (κ3) is 3.22. The third-order valence-corrected chi connectivity index (χ3v) is 6.62. The predicted molar refractivity (Wildman–Crippen MR) is 104 cm³/mol. The second kappa shape index (κ2) is 7.55. The number of aliphatic hydroxyl groups excluding tert-OH is 1. The Bertz CT molecular complexity index is 753. The molecule has 2 fully saturated rings. The van der Waals surface area contributed by atoms with Crippen LogP contribution in [0.1, 0.15) is 45.1 Å². The van der Waals surface area contributed by atoms with Crippen LogP contribution in [0.3, 0.4) is 0 Å². The van der Waals surface area contributed by atoms with Gasteiger partial charge in [0, 0.05) is 11.0 Å². The van der Waals surface area contributed by atoms with Crippen molar-refractivity contribution in [2.24, 2.45) is 17.3 Å². The molecule has 1 aromatic rings. The van der Waals surface area contributed by atoms with E-state index in [1.54, 1.807) is 21.3 Å². The number of ether oxygens (including phenoxy) is 3. The second-order valence-corrected chi connectivity index (χ2v) is 7.95. The van der Waals surface area contributed by atoms with Crippen molar-refractivity contribution in [3.05, 3.63) is 23.3 Å². The van der Waals surface area contributed by atoms with Crippen LogP contribution in [0, 0.1) is 17.3 Å². The Morgan fingerprint density at radius 2 is 1.81 bits per heavy atom. The van der Waals surface area contributed by atoms with Gasteiger partial charge in [0.05, 0.1) is 27.4 Å². The molecule has 2 unspecified atom stereocenters. The lowest BCUT2D eigenvalue weighted by Gasteiger charge is -2.49. The standard InChI is InChI=1S/C22H30O5/c1-13-16-8-6-15(21(24)22(16,2)11-10-17(13)23)12-14-7-9-18(25-3)20(27-5)19(14)26-4/h7,9,12-13,16-17,23H,6,8,10-11H2,1-5H3/t13-,16?,17?,22-/m0/s1. The van der Waals surface area contributed by atoms with Gasteiger partial charge in [-0.05, 0) is 61.3 Å². The number of ketones is 1. The molecule has 3 rings (SSSR count). The van der Waals surface area contributed by atoms with Gasteiger partial charge in [0.1, 0.15) is 0 Å². The molecule has 148 valence electrons. The number of rotatable bonds is 4. The van der Waals surface area contributed by atoms with Crippen molar-refractivity contribution in [3.63, 3.8) is 0 Å². The van der Waals surface area contributed by atoms with Crippen molar-refractivity contribution in [2.75, 3.05) is 21.3 Å². The average Bonchev–Trinajstić information content (AvgIpc) is 2.67. The minimum Gasteiger partial charge on any atom is -0.493 e. The summed E-state index contributed by atoms with van der Waals surface area (Å²) in [6, 6.07) is 3.72. The van der Waals surface area contributed by atoms with E-state index < -0.39 is 5.41 Å². The highest BCUT2D eigenvalue weighted by Gasteiger charge is 2.51. The van der Waals surface area contributed by atoms with E-state index in [1.807, 2.05) is 18.2 Å². The molecule has 0 aromatic heterocycles. The van der Waals surface area contributed by atoms with Gasteiger partial charge >= 0.3 is 0 Å². The largest absolute Gasteiger partial charge is 0.493 e. The van der Waals surface area contributed by atoms with E-state index in [1.165, 1.54) is 0 Å². The number of aliphatic hydroxyl groups is 1. The number of allylic oxidation sites excluding steroid dienone is 1. The predicted octanol–water partition coefficient (Wildman–Crippen LogP) is 3.87. The van der Waals surface area contributed by atoms with Crippen LogP contribution < -0.4 is 14.2 Å². The summed E-state index contributed by atoms with van der Waals surface area (Å²) in [6.07, 6.45) is 4.69. The Labute approximate surface area is 161 Å². The van der Waals surface area contributed by atoms with Gasteiger partial charge in [0.25, 0.3) is 0 Å². The zero-order chi connectivity index (χ0) is 19.8. The fourth-order valence-electron chi connectivity index (χ4n) is 4.96. The summed E-state index contributed by atoms with van der Waals surface area (Å²) in [7, 11) is 4.74. The molecule has 4 atom stereocenters. The molecule has 0 amide bonds. The molecule has 0 spiro atoms. The van der Waals surface area contributed by atoms with Gasteiger partial charge in [-0.25, -0.2) is 0 Å². The quantitative estimate of drug-likeness (QED) is 0.811. The topological polar surface area (TPSA) is 65.0 Å². The molecular formula is C22H30O5. The lowest BCUT2D eigenvalue weighted by atomic mass is 9.55. The Morgan fingerprint density at radius 1 is 1.11 bits per heavy atom. The van der Waals surface area contributed by atoms with Crippen LogP contribution in [0.2, 0.25) is 0 Å². The number of Topliss-reactive ketones (excluding diaryl/α,β-unsaturated/α-hetero) is 1. The average molecular weight is 374 g/mol. The van der Waals surface area contributed by atoms with E-state index >= 15 is 0 Å². The molecule has 2 aliphatic carbocycles. The zero-order valence-corrected chi connectivity index (χ0v) is 16.9. The van der Waals surface area contributed by atoms with E-state index in [2.05, 4.69) is 13.8 Å². The van der Waals surface area contributed by atoms with Crippen molar-refractivity contribution >= 4 is 11.9 Å². The first-order chi connectivity index (χ1) is 12.9. The molecule has 2 saturated carbocycles. The van der Waals surface area contributed by atoms with Crippen LogP contribution in [0.4, 0.5) is 0 Å². The molecule has 0 bridgehead atoms. The first kappa shape index (κ1) is 19.7. The van der Waals surface area contributed by atoms with Crippen LogP contribution in [0.25, 0.3) is 6.08 Å². The Balaban J connectivity index is 1.99. The SMILES string of the molecule is COc1ccc(C=C2CCC3[C@H](C)C(O)CC[C@]3(C)C2=O)c(OC)c1OC. The fraction of sp³-hybridized carbons (Fsp3) is 0.591. The molecule has 0 aliphatic heterocycles. The molecule has 2 aliphatic rings. The van der Waals surface area contributed by atoms with Gasteiger partial charge in [0.15, 0.2) is 17.3 Å². The van der Waals surface area contributed by atoms with Gasteiger partial charge in [-0.2, -0.15) is 0 Å². The number of benzene rings is 1. The monoisotopic (exact) mass is 374 g/mol. The molecule has 5 nitrogen and oxygen atoms in total. The summed E-state index contributed by atoms with van der Waals surface area (Å²) in [4.78, 5) is 13.4. The molecule has 0 heterocycles. The minimum atomic E-state index is -0.396. The zero-order valence-electron chi connectivity index (χ0n) is 16.9. The molecule has 0 radical (unpaired) electrons. The van der Waals surface area contributed by atoms with E-state index in [9.17, 15) is 9.90 Å². The van der Waals surface area contributed by atoms with Crippen LogP contribution in [-0.2, 0) is 4.79 Å². The highest BCUT2D eigenvalue weighted by Crippen LogP contribution is 2.52. The lowest BCUT2D eigenvalue weighted by Crippen LogP contribution is -2.50. The highest BCUT2D eigenvalue weighted by molar-refractivity contribution is 6.04. The molecule has 0 saturated heterocycles. The van der Waals surface area contributed by atoms with Crippen LogP contribution in [0.15, 0.2) is 17.7 Å². The maximum absolute atomic E-state index is 13.4. The Morgan fingerprint density at radius 3 is 2.44 bits per heavy atom. The van der Waals surface area contributed by atoms with E-state index in [4.69, 9.17) is 14.2 Å². The summed E-state index contributed by atoms with van der Waals surface area (Å²) in [5, 5.41) is 10.2. The van der Waals surface area contributed by atoms with Gasteiger partial charge < -0.3 is 19.3 Å². The number of fused-ring (bicyclic) bond motifs is 1. The molecule has 5 heteroatoms. The second-order valence-electron chi connectivity index (χ2n) is 7.95. The molecule has 1 N–H and O–H groups in total. The van der Waals surface area contributed by atoms with E-state index in [0.717, 1.165) is 24.0 Å². The van der Waals surface area contributed by atoms with E-state index in [-0.39, 0.29) is 23.7 Å². The maximum Gasteiger partial charge on any atom is 0.203 e. The van der Waals surface area contributed by atoms with Crippen molar-refractivity contribution in [1.82, 2.24) is 0 Å². The van der Waals surface area contributed by atoms with Crippen molar-refractivity contribution in [2.45, 2.75) is 45.6 Å². The number of methoxy groups -OCH3 is 3. The Kier molecular flexibility index (Phi) is 5.52. The van der Waals surface area contributed by atoms with Crippen LogP contribution in [0.5, 0.6) is 17.2 Å². The highest BCUT2D eigenvalue weighted by atomic mass is 16.5.